The summed E-state index contributed by atoms with van der Waals surface area (Å²) in [5, 5.41) is 2.61. The van der Waals surface area contributed by atoms with Crippen LogP contribution < -0.4 is 10.0 Å². The molecule has 1 aromatic rings. The molecular formula is C13H20F2N2O2S. The summed E-state index contributed by atoms with van der Waals surface area (Å²) in [5.41, 5.74) is -0.285. The van der Waals surface area contributed by atoms with E-state index >= 15 is 0 Å². The van der Waals surface area contributed by atoms with Gasteiger partial charge in [0.1, 0.15) is 10.7 Å². The Bertz CT molecular complexity index is 574. The van der Waals surface area contributed by atoms with Crippen LogP contribution in [-0.4, -0.2) is 21.5 Å². The summed E-state index contributed by atoms with van der Waals surface area (Å²) in [6.45, 7) is 5.31. The number of halogens is 2. The van der Waals surface area contributed by atoms with Crippen LogP contribution in [0.3, 0.4) is 0 Å². The fourth-order valence-electron chi connectivity index (χ4n) is 1.57. The fourth-order valence-corrected chi connectivity index (χ4v) is 3.06. The van der Waals surface area contributed by atoms with Gasteiger partial charge in [0.05, 0.1) is 0 Å². The van der Waals surface area contributed by atoms with Crippen molar-refractivity contribution in [3.05, 3.63) is 29.3 Å². The van der Waals surface area contributed by atoms with Crippen LogP contribution in [0.1, 0.15) is 26.3 Å². The summed E-state index contributed by atoms with van der Waals surface area (Å²) >= 11 is 0. The predicted octanol–water partition coefficient (Wildman–Crippen LogP) is 2.01. The van der Waals surface area contributed by atoms with Gasteiger partial charge in [-0.3, -0.25) is 0 Å². The third-order valence-corrected chi connectivity index (χ3v) is 4.71. The molecule has 0 spiro atoms. The average Bonchev–Trinajstić information content (AvgIpc) is 2.33. The van der Waals surface area contributed by atoms with Gasteiger partial charge in [0, 0.05) is 18.2 Å². The van der Waals surface area contributed by atoms with Gasteiger partial charge in [-0.15, -0.1) is 0 Å². The first-order chi connectivity index (χ1) is 9.20. The lowest BCUT2D eigenvalue weighted by Crippen LogP contribution is -2.36. The zero-order valence-electron chi connectivity index (χ0n) is 12.0. The highest BCUT2D eigenvalue weighted by Crippen LogP contribution is 2.21. The minimum absolute atomic E-state index is 0.0602. The van der Waals surface area contributed by atoms with Crippen LogP contribution in [0.2, 0.25) is 0 Å². The molecule has 0 aliphatic rings. The predicted molar refractivity (Wildman–Crippen MR) is 73.7 cm³/mol. The lowest BCUT2D eigenvalue weighted by Gasteiger charge is -2.18. The third-order valence-electron chi connectivity index (χ3n) is 3.13. The lowest BCUT2D eigenvalue weighted by molar-refractivity contribution is 0.470. The summed E-state index contributed by atoms with van der Waals surface area (Å²) in [4.78, 5) is -0.531. The summed E-state index contributed by atoms with van der Waals surface area (Å²) in [7, 11) is -2.49. The maximum atomic E-state index is 14.2. The first kappa shape index (κ1) is 17.0. The number of benzene rings is 1. The molecule has 0 aliphatic heterocycles. The van der Waals surface area contributed by atoms with Crippen molar-refractivity contribution < 1.29 is 17.2 Å². The Kier molecular flexibility index (Phi) is 5.61. The van der Waals surface area contributed by atoms with Gasteiger partial charge < -0.3 is 5.32 Å². The van der Waals surface area contributed by atoms with E-state index in [4.69, 9.17) is 0 Å². The number of sulfonamides is 1. The van der Waals surface area contributed by atoms with Crippen molar-refractivity contribution in [1.29, 1.82) is 0 Å². The second kappa shape index (κ2) is 6.60. The maximum Gasteiger partial charge on any atom is 0.243 e. The second-order valence-electron chi connectivity index (χ2n) is 5.02. The molecule has 7 heteroatoms. The SMILES string of the molecule is CNCc1c(F)ccc(S(=O)(=O)NC(C)C(C)C)c1F. The highest BCUT2D eigenvalue weighted by molar-refractivity contribution is 7.89. The molecule has 20 heavy (non-hydrogen) atoms. The van der Waals surface area contributed by atoms with Gasteiger partial charge in [-0.05, 0) is 32.0 Å². The number of hydrogen-bond acceptors (Lipinski definition) is 3. The van der Waals surface area contributed by atoms with Gasteiger partial charge in [0.2, 0.25) is 10.0 Å². The van der Waals surface area contributed by atoms with E-state index < -0.39 is 26.6 Å². The van der Waals surface area contributed by atoms with Crippen LogP contribution in [0, 0.1) is 17.6 Å². The number of hydrogen-bond donors (Lipinski definition) is 2. The van der Waals surface area contributed by atoms with Gasteiger partial charge in [-0.2, -0.15) is 0 Å². The molecule has 0 bridgehead atoms. The Morgan fingerprint density at radius 3 is 2.30 bits per heavy atom. The molecule has 1 atom stereocenters. The van der Waals surface area contributed by atoms with Crippen LogP contribution >= 0.6 is 0 Å². The Morgan fingerprint density at radius 2 is 1.80 bits per heavy atom. The molecule has 0 aliphatic carbocycles. The number of nitrogens with one attached hydrogen (secondary N) is 2. The molecule has 1 rings (SSSR count). The molecule has 0 radical (unpaired) electrons. The molecular weight excluding hydrogens is 286 g/mol. The standard InChI is InChI=1S/C13H20F2N2O2S/c1-8(2)9(3)17-20(18,19)12-6-5-11(14)10(7-16-4)13(12)15/h5-6,8-9,16-17H,7H2,1-4H3. The molecule has 1 unspecified atom stereocenters. The quantitative estimate of drug-likeness (QED) is 0.845. The topological polar surface area (TPSA) is 58.2 Å². The summed E-state index contributed by atoms with van der Waals surface area (Å²) in [6, 6.07) is 1.56. The molecule has 0 heterocycles. The second-order valence-corrected chi connectivity index (χ2v) is 6.70. The van der Waals surface area contributed by atoms with Crippen LogP contribution in [0.5, 0.6) is 0 Å². The van der Waals surface area contributed by atoms with Crippen molar-refractivity contribution in [3.63, 3.8) is 0 Å². The van der Waals surface area contributed by atoms with Gasteiger partial charge in [-0.1, -0.05) is 13.8 Å². The van der Waals surface area contributed by atoms with Gasteiger partial charge in [-0.25, -0.2) is 21.9 Å². The third kappa shape index (κ3) is 3.74. The van der Waals surface area contributed by atoms with Crippen LogP contribution in [0.25, 0.3) is 0 Å². The van der Waals surface area contributed by atoms with Crippen molar-refractivity contribution in [1.82, 2.24) is 10.0 Å². The van der Waals surface area contributed by atoms with Crippen molar-refractivity contribution in [3.8, 4) is 0 Å². The van der Waals surface area contributed by atoms with E-state index in [1.165, 1.54) is 7.05 Å². The van der Waals surface area contributed by atoms with E-state index in [1.807, 2.05) is 13.8 Å². The first-order valence-electron chi connectivity index (χ1n) is 6.34. The lowest BCUT2D eigenvalue weighted by atomic mass is 10.1. The summed E-state index contributed by atoms with van der Waals surface area (Å²) in [5.74, 6) is -1.76. The molecule has 4 nitrogen and oxygen atoms in total. The van der Waals surface area contributed by atoms with Crippen LogP contribution in [-0.2, 0) is 16.6 Å². The van der Waals surface area contributed by atoms with Gasteiger partial charge >= 0.3 is 0 Å². The van der Waals surface area contributed by atoms with Crippen molar-refractivity contribution >= 4 is 10.0 Å². The molecule has 0 saturated carbocycles. The molecule has 1 aromatic carbocycles. The van der Waals surface area contributed by atoms with E-state index in [0.717, 1.165) is 12.1 Å². The molecule has 2 N–H and O–H groups in total. The Morgan fingerprint density at radius 1 is 1.20 bits per heavy atom. The van der Waals surface area contributed by atoms with Crippen LogP contribution in [0.4, 0.5) is 8.78 Å². The van der Waals surface area contributed by atoms with Crippen molar-refractivity contribution in [2.45, 2.75) is 38.3 Å². The minimum atomic E-state index is -4.01. The van der Waals surface area contributed by atoms with Gasteiger partial charge in [0.25, 0.3) is 0 Å². The average molecular weight is 306 g/mol. The fraction of sp³-hybridized carbons (Fsp3) is 0.538. The van der Waals surface area contributed by atoms with Crippen molar-refractivity contribution in [2.75, 3.05) is 7.05 Å². The van der Waals surface area contributed by atoms with E-state index in [2.05, 4.69) is 10.0 Å². The molecule has 0 amide bonds. The van der Waals surface area contributed by atoms with Gasteiger partial charge in [0.15, 0.2) is 5.82 Å². The normalized spacial score (nSPS) is 13.8. The Labute approximate surface area is 118 Å². The Hall–Kier alpha value is -1.05. The van der Waals surface area contributed by atoms with E-state index in [9.17, 15) is 17.2 Å². The Balaban J connectivity index is 3.22. The first-order valence-corrected chi connectivity index (χ1v) is 7.82. The van der Waals surface area contributed by atoms with Crippen molar-refractivity contribution in [2.24, 2.45) is 5.92 Å². The minimum Gasteiger partial charge on any atom is -0.315 e. The largest absolute Gasteiger partial charge is 0.315 e. The van der Waals surface area contributed by atoms with E-state index in [0.29, 0.717) is 0 Å². The summed E-state index contributed by atoms with van der Waals surface area (Å²) < 4.78 is 54.3. The maximum absolute atomic E-state index is 14.2. The number of rotatable bonds is 6. The molecule has 0 fully saturated rings. The van der Waals surface area contributed by atoms with E-state index in [1.54, 1.807) is 6.92 Å². The van der Waals surface area contributed by atoms with Crippen LogP contribution in [0.15, 0.2) is 17.0 Å². The monoisotopic (exact) mass is 306 g/mol. The molecule has 0 aromatic heterocycles. The molecule has 114 valence electrons. The highest BCUT2D eigenvalue weighted by atomic mass is 32.2. The molecule has 0 saturated heterocycles. The highest BCUT2D eigenvalue weighted by Gasteiger charge is 2.25. The summed E-state index contributed by atoms with van der Waals surface area (Å²) in [6.07, 6.45) is 0. The zero-order chi connectivity index (χ0) is 15.5. The zero-order valence-corrected chi connectivity index (χ0v) is 12.8. The van der Waals surface area contributed by atoms with E-state index in [-0.39, 0.29) is 24.1 Å². The smallest absolute Gasteiger partial charge is 0.243 e.